The van der Waals surface area contributed by atoms with Gasteiger partial charge in [-0.05, 0) is 45.6 Å². The largest absolute Gasteiger partial charge is 0.445 e. The van der Waals surface area contributed by atoms with Gasteiger partial charge < -0.3 is 24.7 Å². The fraction of sp³-hybridized carbons (Fsp3) is 0.680. The molecule has 4 N–H and O–H groups in total. The average molecular weight is 511 g/mol. The average Bonchev–Trinajstić information content (AvgIpc) is 2.84. The third-order valence-corrected chi connectivity index (χ3v) is 5.36. The van der Waals surface area contributed by atoms with Gasteiger partial charge in [-0.15, -0.1) is 0 Å². The summed E-state index contributed by atoms with van der Waals surface area (Å²) in [4.78, 5) is 37.0. The second-order valence-corrected chi connectivity index (χ2v) is 9.69. The fourth-order valence-corrected chi connectivity index (χ4v) is 3.54. The lowest BCUT2D eigenvalue weighted by Crippen LogP contribution is -2.60. The summed E-state index contributed by atoms with van der Waals surface area (Å²) in [5.41, 5.74) is 5.81. The van der Waals surface area contributed by atoms with Crippen LogP contribution in [0.4, 0.5) is 9.59 Å². The van der Waals surface area contributed by atoms with Crippen molar-refractivity contribution in [3.63, 3.8) is 0 Å². The van der Waals surface area contributed by atoms with E-state index in [4.69, 9.17) is 19.1 Å². The summed E-state index contributed by atoms with van der Waals surface area (Å²) in [5, 5.41) is 13.3. The molecule has 0 aliphatic carbocycles. The number of likely N-dealkylation sites (tertiary alicyclic amines) is 1. The molecule has 36 heavy (non-hydrogen) atoms. The number of carbonyl (C=O) groups excluding carboxylic acids is 2. The Balaban J connectivity index is 1.76. The number of nitrogens with zero attached hydrogens (tertiary/aromatic N) is 1. The van der Waals surface area contributed by atoms with E-state index in [1.807, 2.05) is 30.3 Å². The predicted molar refractivity (Wildman–Crippen MR) is 133 cm³/mol. The maximum Gasteiger partial charge on any atom is 0.410 e. The molecule has 0 saturated carbocycles. The van der Waals surface area contributed by atoms with Crippen LogP contribution in [-0.2, 0) is 25.8 Å². The molecule has 1 aliphatic heterocycles. The molecule has 11 nitrogen and oxygen atoms in total. The van der Waals surface area contributed by atoms with Gasteiger partial charge in [0.15, 0.2) is 0 Å². The van der Waals surface area contributed by atoms with Gasteiger partial charge in [0.1, 0.15) is 18.4 Å². The monoisotopic (exact) mass is 510 g/mol. The zero-order valence-electron chi connectivity index (χ0n) is 21.8. The fourth-order valence-electron chi connectivity index (χ4n) is 3.54. The minimum atomic E-state index is -1.15. The summed E-state index contributed by atoms with van der Waals surface area (Å²) in [6.45, 7) is 8.82. The number of ether oxygens (including phenoxy) is 2. The van der Waals surface area contributed by atoms with E-state index in [0.717, 1.165) is 18.4 Å². The quantitative estimate of drug-likeness (QED) is 0.180. The number of alkyl carbamates (subject to hydrolysis) is 1. The zero-order chi connectivity index (χ0) is 26.4. The zero-order valence-corrected chi connectivity index (χ0v) is 21.8. The van der Waals surface area contributed by atoms with Crippen LogP contribution in [0.3, 0.4) is 0 Å². The SMILES string of the molecule is CCCCON[C@@H]1CC[C@@H](C(O)NOCCNC(=O)OCc2ccccc2)N(C(=O)OC(C)(C)C)C1. The molecule has 204 valence electrons. The molecule has 1 aromatic rings. The number of aliphatic hydroxyl groups is 1. The molecule has 11 heteroatoms. The lowest BCUT2D eigenvalue weighted by atomic mass is 9.98. The number of hydroxylamine groups is 2. The molecule has 0 bridgehead atoms. The van der Waals surface area contributed by atoms with Crippen LogP contribution in [0.15, 0.2) is 30.3 Å². The molecule has 3 atom stereocenters. The van der Waals surface area contributed by atoms with Crippen LogP contribution in [-0.4, -0.2) is 72.4 Å². The molecule has 1 saturated heterocycles. The highest BCUT2D eigenvalue weighted by Gasteiger charge is 2.38. The Morgan fingerprint density at radius 3 is 2.58 bits per heavy atom. The van der Waals surface area contributed by atoms with Crippen molar-refractivity contribution in [1.82, 2.24) is 21.2 Å². The third-order valence-electron chi connectivity index (χ3n) is 5.36. The molecule has 0 aromatic heterocycles. The lowest BCUT2D eigenvalue weighted by molar-refractivity contribution is -0.106. The van der Waals surface area contributed by atoms with Crippen molar-refractivity contribution in [2.75, 3.05) is 26.3 Å². The second-order valence-electron chi connectivity index (χ2n) is 9.69. The highest BCUT2D eigenvalue weighted by molar-refractivity contribution is 5.69. The maximum absolute atomic E-state index is 12.9. The summed E-state index contributed by atoms with van der Waals surface area (Å²) in [5.74, 6) is 0. The normalized spacial score (nSPS) is 19.0. The standard InChI is InChI=1S/C25H42N4O7/c1-5-6-15-34-27-20-12-13-21(29(17-20)24(32)36-25(2,3)4)22(30)28-35-16-14-26-23(31)33-18-19-10-8-7-9-11-19/h7-11,20-22,27-28,30H,5-6,12-18H2,1-4H3,(H,26,31)/t20-,21+,22?/m1/s1. The summed E-state index contributed by atoms with van der Waals surface area (Å²) in [6, 6.07) is 8.73. The van der Waals surface area contributed by atoms with E-state index in [0.29, 0.717) is 26.0 Å². The lowest BCUT2D eigenvalue weighted by Gasteiger charge is -2.41. The molecule has 1 fully saturated rings. The van der Waals surface area contributed by atoms with Crippen LogP contribution >= 0.6 is 0 Å². The summed E-state index contributed by atoms with van der Waals surface area (Å²) in [7, 11) is 0. The summed E-state index contributed by atoms with van der Waals surface area (Å²) >= 11 is 0. The molecular weight excluding hydrogens is 468 g/mol. The number of piperidine rings is 1. The molecule has 1 unspecified atom stereocenters. The maximum atomic E-state index is 12.9. The van der Waals surface area contributed by atoms with E-state index in [1.165, 1.54) is 4.90 Å². The number of rotatable bonds is 13. The van der Waals surface area contributed by atoms with Crippen LogP contribution in [0.2, 0.25) is 0 Å². The Bertz CT molecular complexity index is 775. The molecule has 0 spiro atoms. The van der Waals surface area contributed by atoms with Gasteiger partial charge in [0, 0.05) is 13.1 Å². The number of nitrogens with one attached hydrogen (secondary N) is 3. The number of amides is 2. The van der Waals surface area contributed by atoms with E-state index in [9.17, 15) is 14.7 Å². The first-order valence-electron chi connectivity index (χ1n) is 12.6. The van der Waals surface area contributed by atoms with E-state index >= 15 is 0 Å². The van der Waals surface area contributed by atoms with Gasteiger partial charge >= 0.3 is 12.2 Å². The number of unbranched alkanes of at least 4 members (excludes halogenated alkanes) is 1. The van der Waals surface area contributed by atoms with Gasteiger partial charge in [0.05, 0.1) is 25.3 Å². The van der Waals surface area contributed by atoms with E-state index in [2.05, 4.69) is 23.2 Å². The van der Waals surface area contributed by atoms with Gasteiger partial charge in [-0.25, -0.2) is 9.59 Å². The van der Waals surface area contributed by atoms with Crippen molar-refractivity contribution < 1.29 is 33.8 Å². The van der Waals surface area contributed by atoms with Crippen molar-refractivity contribution in [2.45, 2.75) is 83.9 Å². The Morgan fingerprint density at radius 1 is 1.14 bits per heavy atom. The van der Waals surface area contributed by atoms with Crippen LogP contribution in [0, 0.1) is 0 Å². The summed E-state index contributed by atoms with van der Waals surface area (Å²) < 4.78 is 10.7. The number of carbonyl (C=O) groups is 2. The molecule has 2 amide bonds. The van der Waals surface area contributed by atoms with E-state index in [1.54, 1.807) is 20.8 Å². The molecule has 1 heterocycles. The van der Waals surface area contributed by atoms with Crippen LogP contribution in [0.25, 0.3) is 0 Å². The Kier molecular flexibility index (Phi) is 12.9. The van der Waals surface area contributed by atoms with E-state index < -0.39 is 30.1 Å². The van der Waals surface area contributed by atoms with Crippen molar-refractivity contribution in [3.8, 4) is 0 Å². The van der Waals surface area contributed by atoms with Crippen molar-refractivity contribution >= 4 is 12.2 Å². The molecule has 1 aliphatic rings. The minimum Gasteiger partial charge on any atom is -0.445 e. The minimum absolute atomic E-state index is 0.0789. The van der Waals surface area contributed by atoms with Crippen LogP contribution in [0.1, 0.15) is 58.9 Å². The predicted octanol–water partition coefficient (Wildman–Crippen LogP) is 2.84. The highest BCUT2D eigenvalue weighted by atomic mass is 16.7. The van der Waals surface area contributed by atoms with Gasteiger partial charge in [-0.3, -0.25) is 9.74 Å². The van der Waals surface area contributed by atoms with Gasteiger partial charge in [0.25, 0.3) is 0 Å². The summed E-state index contributed by atoms with van der Waals surface area (Å²) in [6.07, 6.45) is 0.948. The molecule has 1 aromatic carbocycles. The van der Waals surface area contributed by atoms with Crippen molar-refractivity contribution in [3.05, 3.63) is 35.9 Å². The molecular formula is C25H42N4O7. The van der Waals surface area contributed by atoms with Gasteiger partial charge in [-0.1, -0.05) is 43.7 Å². The van der Waals surface area contributed by atoms with Gasteiger partial charge in [-0.2, -0.15) is 11.0 Å². The molecule has 2 rings (SSSR count). The van der Waals surface area contributed by atoms with Crippen molar-refractivity contribution in [2.24, 2.45) is 0 Å². The first-order chi connectivity index (χ1) is 17.2. The van der Waals surface area contributed by atoms with Crippen LogP contribution < -0.4 is 16.3 Å². The van der Waals surface area contributed by atoms with Crippen molar-refractivity contribution in [1.29, 1.82) is 0 Å². The third kappa shape index (κ3) is 11.5. The van der Waals surface area contributed by atoms with Crippen LogP contribution in [0.5, 0.6) is 0 Å². The second kappa shape index (κ2) is 15.6. The topological polar surface area (TPSA) is 131 Å². The number of benzene rings is 1. The number of hydrogen-bond donors (Lipinski definition) is 4. The van der Waals surface area contributed by atoms with Gasteiger partial charge in [0.2, 0.25) is 0 Å². The number of aliphatic hydroxyl groups excluding tert-OH is 1. The Morgan fingerprint density at radius 2 is 1.89 bits per heavy atom. The molecule has 0 radical (unpaired) electrons. The first kappa shape index (κ1) is 29.8. The smallest absolute Gasteiger partial charge is 0.410 e. The number of hydrogen-bond acceptors (Lipinski definition) is 9. The highest BCUT2D eigenvalue weighted by Crippen LogP contribution is 2.23. The first-order valence-corrected chi connectivity index (χ1v) is 12.6. The Hall–Kier alpha value is -2.44. The van der Waals surface area contributed by atoms with E-state index in [-0.39, 0.29) is 25.8 Å². The Labute approximate surface area is 213 Å².